The summed E-state index contributed by atoms with van der Waals surface area (Å²) in [7, 11) is -3.31. The zero-order valence-electron chi connectivity index (χ0n) is 12.1. The Bertz CT molecular complexity index is 646. The highest BCUT2D eigenvalue weighted by molar-refractivity contribution is 7.90. The molecule has 0 amide bonds. The van der Waals surface area contributed by atoms with Crippen LogP contribution in [0, 0.1) is 5.92 Å². The Labute approximate surface area is 141 Å². The van der Waals surface area contributed by atoms with Gasteiger partial charge in [-0.3, -0.25) is 0 Å². The third-order valence-corrected chi connectivity index (χ3v) is 6.88. The highest BCUT2D eigenvalue weighted by atomic mass is 35.5. The maximum absolute atomic E-state index is 12.6. The molecule has 1 saturated heterocycles. The largest absolute Gasteiger partial charge is 0.381 e. The van der Waals surface area contributed by atoms with E-state index in [1.165, 1.54) is 0 Å². The van der Waals surface area contributed by atoms with Crippen molar-refractivity contribution < 1.29 is 13.2 Å². The van der Waals surface area contributed by atoms with E-state index < -0.39 is 15.3 Å². The van der Waals surface area contributed by atoms with E-state index in [0.29, 0.717) is 36.1 Å². The van der Waals surface area contributed by atoms with Gasteiger partial charge in [-0.15, -0.1) is 0 Å². The zero-order chi connectivity index (χ0) is 15.7. The van der Waals surface area contributed by atoms with Gasteiger partial charge in [0, 0.05) is 28.6 Å². The van der Waals surface area contributed by atoms with Crippen molar-refractivity contribution in [3.63, 3.8) is 0 Å². The van der Waals surface area contributed by atoms with E-state index in [4.69, 9.17) is 27.9 Å². The van der Waals surface area contributed by atoms with E-state index in [9.17, 15) is 8.42 Å². The number of nitrogens with one attached hydrogen (secondary N) is 1. The van der Waals surface area contributed by atoms with Gasteiger partial charge in [-0.05, 0) is 43.4 Å². The lowest BCUT2D eigenvalue weighted by Crippen LogP contribution is -2.45. The number of halogens is 2. The summed E-state index contributed by atoms with van der Waals surface area (Å²) < 4.78 is 33.4. The van der Waals surface area contributed by atoms with E-state index >= 15 is 0 Å². The standard InChI is InChI=1S/C15H19Cl2NO3S/c16-12-2-1-10(14(17)8-12)7-11-9-21-6-5-15(11)22(19,20)18-13-3-4-13/h1-2,8,11,13,15,18H,3-7,9H2/t11-,15+/m1/s1. The van der Waals surface area contributed by atoms with Crippen LogP contribution in [0.25, 0.3) is 0 Å². The lowest BCUT2D eigenvalue weighted by molar-refractivity contribution is 0.0570. The first-order valence-electron chi connectivity index (χ1n) is 7.48. The third kappa shape index (κ3) is 3.95. The fraction of sp³-hybridized carbons (Fsp3) is 0.600. The summed E-state index contributed by atoms with van der Waals surface area (Å²) in [6, 6.07) is 5.46. The van der Waals surface area contributed by atoms with Crippen LogP contribution < -0.4 is 4.72 Å². The van der Waals surface area contributed by atoms with Crippen molar-refractivity contribution in [1.29, 1.82) is 0 Å². The minimum atomic E-state index is -3.31. The molecule has 0 bridgehead atoms. The second-order valence-electron chi connectivity index (χ2n) is 6.04. The molecule has 122 valence electrons. The second kappa shape index (κ2) is 6.65. The quantitative estimate of drug-likeness (QED) is 0.874. The Kier molecular flexibility index (Phi) is 5.00. The van der Waals surface area contributed by atoms with Crippen molar-refractivity contribution in [2.24, 2.45) is 5.92 Å². The van der Waals surface area contributed by atoms with Crippen molar-refractivity contribution >= 4 is 33.2 Å². The van der Waals surface area contributed by atoms with E-state index in [1.54, 1.807) is 12.1 Å². The van der Waals surface area contributed by atoms with Gasteiger partial charge in [0.25, 0.3) is 0 Å². The van der Waals surface area contributed by atoms with Crippen molar-refractivity contribution in [3.05, 3.63) is 33.8 Å². The van der Waals surface area contributed by atoms with Gasteiger partial charge in [0.1, 0.15) is 0 Å². The van der Waals surface area contributed by atoms with Crippen molar-refractivity contribution in [3.8, 4) is 0 Å². The Morgan fingerprint density at radius 3 is 2.68 bits per heavy atom. The Morgan fingerprint density at radius 1 is 1.23 bits per heavy atom. The fourth-order valence-electron chi connectivity index (χ4n) is 2.87. The van der Waals surface area contributed by atoms with Gasteiger partial charge >= 0.3 is 0 Å². The first-order valence-corrected chi connectivity index (χ1v) is 9.79. The van der Waals surface area contributed by atoms with Gasteiger partial charge in [-0.1, -0.05) is 29.3 Å². The van der Waals surface area contributed by atoms with Crippen molar-refractivity contribution in [2.75, 3.05) is 13.2 Å². The average molecular weight is 364 g/mol. The first kappa shape index (κ1) is 16.5. The van der Waals surface area contributed by atoms with Crippen LogP contribution in [0.15, 0.2) is 18.2 Å². The van der Waals surface area contributed by atoms with E-state index in [2.05, 4.69) is 4.72 Å². The molecule has 2 aliphatic rings. The molecule has 7 heteroatoms. The maximum Gasteiger partial charge on any atom is 0.215 e. The van der Waals surface area contributed by atoms with Crippen molar-refractivity contribution in [1.82, 2.24) is 4.72 Å². The van der Waals surface area contributed by atoms with Crippen LogP contribution in [0.3, 0.4) is 0 Å². The summed E-state index contributed by atoms with van der Waals surface area (Å²) in [5.41, 5.74) is 0.910. The molecule has 2 fully saturated rings. The van der Waals surface area contributed by atoms with Gasteiger partial charge in [0.2, 0.25) is 10.0 Å². The molecule has 0 unspecified atom stereocenters. The lowest BCUT2D eigenvalue weighted by Gasteiger charge is -2.31. The smallest absolute Gasteiger partial charge is 0.215 e. The van der Waals surface area contributed by atoms with Gasteiger partial charge in [0.05, 0.1) is 11.9 Å². The van der Waals surface area contributed by atoms with Gasteiger partial charge < -0.3 is 4.74 Å². The predicted molar refractivity (Wildman–Crippen MR) is 88.0 cm³/mol. The van der Waals surface area contributed by atoms with Crippen LogP contribution in [0.5, 0.6) is 0 Å². The summed E-state index contributed by atoms with van der Waals surface area (Å²) in [5, 5.41) is 0.728. The lowest BCUT2D eigenvalue weighted by atomic mass is 9.93. The topological polar surface area (TPSA) is 55.4 Å². The number of hydrogen-bond acceptors (Lipinski definition) is 3. The van der Waals surface area contributed by atoms with E-state index in [1.807, 2.05) is 6.07 Å². The molecule has 1 heterocycles. The van der Waals surface area contributed by atoms with Crippen LogP contribution >= 0.6 is 23.2 Å². The van der Waals surface area contributed by atoms with Gasteiger partial charge in [-0.25, -0.2) is 13.1 Å². The predicted octanol–water partition coefficient (Wildman–Crippen LogP) is 3.02. The van der Waals surface area contributed by atoms with Crippen LogP contribution in [-0.2, 0) is 21.2 Å². The monoisotopic (exact) mass is 363 g/mol. The molecule has 1 aliphatic carbocycles. The number of rotatable bonds is 5. The molecule has 0 aromatic heterocycles. The summed E-state index contributed by atoms with van der Waals surface area (Å²) in [6.45, 7) is 0.927. The van der Waals surface area contributed by atoms with Crippen LogP contribution in [0.1, 0.15) is 24.8 Å². The maximum atomic E-state index is 12.6. The minimum absolute atomic E-state index is 0.0938. The van der Waals surface area contributed by atoms with Crippen molar-refractivity contribution in [2.45, 2.75) is 37.0 Å². The Balaban J connectivity index is 1.77. The molecule has 0 radical (unpaired) electrons. The molecule has 22 heavy (non-hydrogen) atoms. The molecule has 1 aliphatic heterocycles. The number of ether oxygens (including phenoxy) is 1. The molecule has 1 aromatic carbocycles. The van der Waals surface area contributed by atoms with Crippen LogP contribution in [0.4, 0.5) is 0 Å². The number of benzene rings is 1. The highest BCUT2D eigenvalue weighted by Gasteiger charge is 2.39. The van der Waals surface area contributed by atoms with E-state index in [-0.39, 0.29) is 12.0 Å². The van der Waals surface area contributed by atoms with Crippen LogP contribution in [0.2, 0.25) is 10.0 Å². The molecule has 1 aromatic rings. The SMILES string of the molecule is O=S(=O)(NC1CC1)[C@H]1CCOC[C@H]1Cc1ccc(Cl)cc1Cl. The molecule has 0 spiro atoms. The summed E-state index contributed by atoms with van der Waals surface area (Å²) in [5.74, 6) is -0.0938. The molecule has 2 atom stereocenters. The third-order valence-electron chi connectivity index (χ3n) is 4.21. The summed E-state index contributed by atoms with van der Waals surface area (Å²) >= 11 is 12.1. The van der Waals surface area contributed by atoms with Gasteiger partial charge in [-0.2, -0.15) is 0 Å². The molecule has 1 saturated carbocycles. The van der Waals surface area contributed by atoms with Gasteiger partial charge in [0.15, 0.2) is 0 Å². The van der Waals surface area contributed by atoms with Crippen LogP contribution in [-0.4, -0.2) is 32.9 Å². The second-order valence-corrected chi connectivity index (χ2v) is 8.81. The Morgan fingerprint density at radius 2 is 2.00 bits per heavy atom. The molecular weight excluding hydrogens is 345 g/mol. The molecular formula is C15H19Cl2NO3S. The zero-order valence-corrected chi connectivity index (χ0v) is 14.4. The minimum Gasteiger partial charge on any atom is -0.381 e. The fourth-order valence-corrected chi connectivity index (χ4v) is 5.32. The molecule has 1 N–H and O–H groups in total. The number of sulfonamides is 1. The average Bonchev–Trinajstić information content (AvgIpc) is 3.26. The van der Waals surface area contributed by atoms with E-state index in [0.717, 1.165) is 18.4 Å². The summed E-state index contributed by atoms with van der Waals surface area (Å²) in [6.07, 6.45) is 2.98. The Hall–Kier alpha value is -0.330. The molecule has 4 nitrogen and oxygen atoms in total. The number of hydrogen-bond donors (Lipinski definition) is 1. The normalized spacial score (nSPS) is 26.1. The first-order chi connectivity index (χ1) is 10.5. The highest BCUT2D eigenvalue weighted by Crippen LogP contribution is 2.30. The summed E-state index contributed by atoms with van der Waals surface area (Å²) in [4.78, 5) is 0. The molecule has 3 rings (SSSR count).